The van der Waals surface area contributed by atoms with Gasteiger partial charge in [-0.2, -0.15) is 0 Å². The lowest BCUT2D eigenvalue weighted by atomic mass is 10.1. The van der Waals surface area contributed by atoms with E-state index in [1.807, 2.05) is 0 Å². The molecule has 0 N–H and O–H groups in total. The largest absolute Gasteiger partial charge is 0.462 e. The molecule has 5 heteroatoms. The van der Waals surface area contributed by atoms with Crippen LogP contribution in [0.25, 0.3) is 10.8 Å². The molecule has 0 bridgehead atoms. The first-order valence-electron chi connectivity index (χ1n) is 5.05. The Morgan fingerprint density at radius 3 is 3.00 bits per heavy atom. The fourth-order valence-electron chi connectivity index (χ4n) is 1.60. The summed E-state index contributed by atoms with van der Waals surface area (Å²) < 4.78 is 18.6. The number of esters is 1. The van der Waals surface area contributed by atoms with Crippen molar-refractivity contribution in [1.82, 2.24) is 4.98 Å². The van der Waals surface area contributed by atoms with Crippen molar-refractivity contribution in [2.24, 2.45) is 0 Å². The molecule has 0 unspecified atom stereocenters. The second-order valence-electron chi connectivity index (χ2n) is 3.35. The van der Waals surface area contributed by atoms with E-state index in [-0.39, 0.29) is 22.7 Å². The number of hydrogen-bond donors (Lipinski definition) is 0. The molecule has 3 nitrogen and oxygen atoms in total. The van der Waals surface area contributed by atoms with Crippen LogP contribution < -0.4 is 0 Å². The predicted octanol–water partition coefficient (Wildman–Crippen LogP) is 3.20. The normalized spacial score (nSPS) is 10.5. The lowest BCUT2D eigenvalue weighted by Gasteiger charge is -2.08. The second kappa shape index (κ2) is 4.67. The van der Waals surface area contributed by atoms with Gasteiger partial charge < -0.3 is 4.74 Å². The summed E-state index contributed by atoms with van der Waals surface area (Å²) >= 11 is 5.83. The zero-order chi connectivity index (χ0) is 12.4. The van der Waals surface area contributed by atoms with Gasteiger partial charge in [-0.25, -0.2) is 14.2 Å². The van der Waals surface area contributed by atoms with Crippen LogP contribution >= 0.6 is 11.6 Å². The Labute approximate surface area is 102 Å². The maximum atomic E-state index is 13.7. The van der Waals surface area contributed by atoms with Gasteiger partial charge in [0.1, 0.15) is 16.5 Å². The van der Waals surface area contributed by atoms with Gasteiger partial charge in [-0.15, -0.1) is 0 Å². The van der Waals surface area contributed by atoms with Crippen molar-refractivity contribution in [1.29, 1.82) is 0 Å². The molecule has 2 aromatic rings. The molecule has 0 amide bonds. The van der Waals surface area contributed by atoms with Gasteiger partial charge in [-0.1, -0.05) is 23.7 Å². The standard InChI is InChI=1S/C12H9ClFNO2/c1-2-17-12(16)10-9-7(6-15-11(10)13)4-3-5-8(9)14/h3-6H,2H2,1H3. The van der Waals surface area contributed by atoms with E-state index >= 15 is 0 Å². The predicted molar refractivity (Wildman–Crippen MR) is 62.7 cm³/mol. The van der Waals surface area contributed by atoms with Gasteiger partial charge in [0, 0.05) is 17.0 Å². The van der Waals surface area contributed by atoms with Gasteiger partial charge >= 0.3 is 5.97 Å². The minimum absolute atomic E-state index is 0.0240. The SMILES string of the molecule is CCOC(=O)c1c(Cl)ncc2cccc(F)c12. The van der Waals surface area contributed by atoms with Crippen LogP contribution in [-0.2, 0) is 4.74 Å². The minimum Gasteiger partial charge on any atom is -0.462 e. The highest BCUT2D eigenvalue weighted by molar-refractivity contribution is 6.34. The first-order chi connectivity index (χ1) is 8.15. The molecule has 1 aromatic heterocycles. The number of carbonyl (C=O) groups excluding carboxylic acids is 1. The zero-order valence-corrected chi connectivity index (χ0v) is 9.79. The average Bonchev–Trinajstić information content (AvgIpc) is 2.30. The first-order valence-corrected chi connectivity index (χ1v) is 5.42. The minimum atomic E-state index is -0.666. The lowest BCUT2D eigenvalue weighted by Crippen LogP contribution is -2.08. The third-order valence-electron chi connectivity index (χ3n) is 2.30. The van der Waals surface area contributed by atoms with Crippen molar-refractivity contribution in [3.8, 4) is 0 Å². The van der Waals surface area contributed by atoms with E-state index in [4.69, 9.17) is 16.3 Å². The molecule has 0 atom stereocenters. The Morgan fingerprint density at radius 2 is 2.29 bits per heavy atom. The van der Waals surface area contributed by atoms with Gasteiger partial charge in [0.25, 0.3) is 0 Å². The molecule has 0 fully saturated rings. The number of pyridine rings is 1. The van der Waals surface area contributed by atoms with Crippen molar-refractivity contribution < 1.29 is 13.9 Å². The fourth-order valence-corrected chi connectivity index (χ4v) is 1.82. The number of nitrogens with zero attached hydrogens (tertiary/aromatic N) is 1. The Bertz CT molecular complexity index is 586. The highest BCUT2D eigenvalue weighted by atomic mass is 35.5. The number of hydrogen-bond acceptors (Lipinski definition) is 3. The Balaban J connectivity index is 2.75. The van der Waals surface area contributed by atoms with Crippen molar-refractivity contribution >= 4 is 28.3 Å². The maximum absolute atomic E-state index is 13.7. The Morgan fingerprint density at radius 1 is 1.53 bits per heavy atom. The number of fused-ring (bicyclic) bond motifs is 1. The highest BCUT2D eigenvalue weighted by Crippen LogP contribution is 2.26. The second-order valence-corrected chi connectivity index (χ2v) is 3.71. The maximum Gasteiger partial charge on any atom is 0.342 e. The molecular formula is C12H9ClFNO2. The number of benzene rings is 1. The fraction of sp³-hybridized carbons (Fsp3) is 0.167. The molecule has 1 heterocycles. The van der Waals surface area contributed by atoms with Gasteiger partial charge in [0.05, 0.1) is 6.61 Å². The van der Waals surface area contributed by atoms with Crippen molar-refractivity contribution in [2.75, 3.05) is 6.61 Å². The number of carbonyl (C=O) groups is 1. The van der Waals surface area contributed by atoms with E-state index in [0.29, 0.717) is 5.39 Å². The summed E-state index contributed by atoms with van der Waals surface area (Å²) in [5.41, 5.74) is -0.0240. The van der Waals surface area contributed by atoms with Gasteiger partial charge in [0.15, 0.2) is 0 Å². The van der Waals surface area contributed by atoms with Crippen LogP contribution in [0.4, 0.5) is 4.39 Å². The van der Waals surface area contributed by atoms with Crippen LogP contribution in [0.2, 0.25) is 5.15 Å². The van der Waals surface area contributed by atoms with Crippen LogP contribution in [-0.4, -0.2) is 17.6 Å². The van der Waals surface area contributed by atoms with Gasteiger partial charge in [0.2, 0.25) is 0 Å². The van der Waals surface area contributed by atoms with Crippen molar-refractivity contribution in [3.05, 3.63) is 40.9 Å². The van der Waals surface area contributed by atoms with E-state index in [1.54, 1.807) is 19.1 Å². The van der Waals surface area contributed by atoms with E-state index in [2.05, 4.69) is 4.98 Å². The Kier molecular flexibility index (Phi) is 3.24. The van der Waals surface area contributed by atoms with E-state index in [9.17, 15) is 9.18 Å². The molecule has 0 radical (unpaired) electrons. The van der Waals surface area contributed by atoms with Crippen molar-refractivity contribution in [2.45, 2.75) is 6.92 Å². The molecule has 0 aliphatic carbocycles. The van der Waals surface area contributed by atoms with E-state index in [1.165, 1.54) is 12.3 Å². The van der Waals surface area contributed by atoms with E-state index in [0.717, 1.165) is 0 Å². The summed E-state index contributed by atoms with van der Waals surface area (Å²) in [6.45, 7) is 1.86. The van der Waals surface area contributed by atoms with Crippen LogP contribution in [0.1, 0.15) is 17.3 Å². The van der Waals surface area contributed by atoms with Crippen LogP contribution in [0, 0.1) is 5.82 Å². The summed E-state index contributed by atoms with van der Waals surface area (Å²) in [4.78, 5) is 15.6. The molecule has 1 aromatic carbocycles. The summed E-state index contributed by atoms with van der Waals surface area (Å²) in [7, 11) is 0. The third kappa shape index (κ3) is 2.08. The molecule has 0 saturated heterocycles. The Hall–Kier alpha value is -1.68. The van der Waals surface area contributed by atoms with Gasteiger partial charge in [-0.05, 0) is 13.0 Å². The highest BCUT2D eigenvalue weighted by Gasteiger charge is 2.19. The topological polar surface area (TPSA) is 39.2 Å². The molecule has 88 valence electrons. The summed E-state index contributed by atoms with van der Waals surface area (Å²) in [6, 6.07) is 4.47. The van der Waals surface area contributed by atoms with Crippen LogP contribution in [0.15, 0.2) is 24.4 Å². The monoisotopic (exact) mass is 253 g/mol. The molecule has 0 saturated carbocycles. The first kappa shape index (κ1) is 11.8. The third-order valence-corrected chi connectivity index (χ3v) is 2.59. The van der Waals surface area contributed by atoms with E-state index < -0.39 is 11.8 Å². The number of ether oxygens (including phenoxy) is 1. The smallest absolute Gasteiger partial charge is 0.342 e. The lowest BCUT2D eigenvalue weighted by molar-refractivity contribution is 0.0528. The molecule has 2 rings (SSSR count). The van der Waals surface area contributed by atoms with Crippen molar-refractivity contribution in [3.63, 3.8) is 0 Å². The molecule has 0 aliphatic rings. The molecule has 0 spiro atoms. The average molecular weight is 254 g/mol. The summed E-state index contributed by atoms with van der Waals surface area (Å²) in [5.74, 6) is -1.18. The summed E-state index contributed by atoms with van der Waals surface area (Å²) in [6.07, 6.45) is 1.42. The molecular weight excluding hydrogens is 245 g/mol. The zero-order valence-electron chi connectivity index (χ0n) is 9.04. The number of halogens is 2. The summed E-state index contributed by atoms with van der Waals surface area (Å²) in [5, 5.41) is 0.601. The number of rotatable bonds is 2. The van der Waals surface area contributed by atoms with Crippen LogP contribution in [0.3, 0.4) is 0 Å². The molecule has 0 aliphatic heterocycles. The number of aromatic nitrogens is 1. The molecule has 17 heavy (non-hydrogen) atoms. The quantitative estimate of drug-likeness (QED) is 0.609. The van der Waals surface area contributed by atoms with Gasteiger partial charge in [-0.3, -0.25) is 0 Å². The van der Waals surface area contributed by atoms with Crippen LogP contribution in [0.5, 0.6) is 0 Å².